The molecule has 1 aromatic rings. The summed E-state index contributed by atoms with van der Waals surface area (Å²) in [5, 5.41) is 3.62. The number of hydrogen-bond donors (Lipinski definition) is 1. The van der Waals surface area contributed by atoms with Crippen molar-refractivity contribution in [2.45, 2.75) is 77.4 Å². The summed E-state index contributed by atoms with van der Waals surface area (Å²) in [7, 11) is 0. The van der Waals surface area contributed by atoms with Crippen LogP contribution in [0.4, 0.5) is 5.82 Å². The highest BCUT2D eigenvalue weighted by Gasteiger charge is 2.22. The molecule has 1 N–H and O–H groups in total. The van der Waals surface area contributed by atoms with E-state index in [1.165, 1.54) is 56.3 Å². The average molecular weight is 287 g/mol. The summed E-state index contributed by atoms with van der Waals surface area (Å²) in [6, 6.07) is 6.00. The molecule has 0 spiro atoms. The van der Waals surface area contributed by atoms with E-state index < -0.39 is 0 Å². The van der Waals surface area contributed by atoms with Gasteiger partial charge in [-0.05, 0) is 57.2 Å². The van der Waals surface area contributed by atoms with Gasteiger partial charge in [0, 0.05) is 30.9 Å². The molecule has 0 saturated heterocycles. The monoisotopic (exact) mass is 287 g/mol. The predicted octanol–water partition coefficient (Wildman–Crippen LogP) is 3.80. The van der Waals surface area contributed by atoms with Gasteiger partial charge in [-0.25, -0.2) is 4.98 Å². The lowest BCUT2D eigenvalue weighted by atomic mass is 9.94. The van der Waals surface area contributed by atoms with Crippen LogP contribution in [0.3, 0.4) is 0 Å². The quantitative estimate of drug-likeness (QED) is 0.862. The number of aromatic nitrogens is 1. The molecule has 21 heavy (non-hydrogen) atoms. The molecule has 0 aliphatic heterocycles. The third-order valence-electron chi connectivity index (χ3n) is 4.82. The van der Waals surface area contributed by atoms with Crippen molar-refractivity contribution in [1.82, 2.24) is 10.3 Å². The summed E-state index contributed by atoms with van der Waals surface area (Å²) in [6.07, 6.45) is 9.52. The zero-order valence-corrected chi connectivity index (χ0v) is 13.6. The van der Waals surface area contributed by atoms with Crippen molar-refractivity contribution >= 4 is 5.82 Å². The second-order valence-corrected chi connectivity index (χ2v) is 6.71. The van der Waals surface area contributed by atoms with E-state index >= 15 is 0 Å². The molecule has 0 unspecified atom stereocenters. The third-order valence-corrected chi connectivity index (χ3v) is 4.82. The summed E-state index contributed by atoms with van der Waals surface area (Å²) in [5.41, 5.74) is 2.54. The summed E-state index contributed by atoms with van der Waals surface area (Å²) in [5.74, 6) is 1.19. The van der Waals surface area contributed by atoms with Crippen LogP contribution in [0.2, 0.25) is 0 Å². The van der Waals surface area contributed by atoms with E-state index in [9.17, 15) is 0 Å². The summed E-state index contributed by atoms with van der Waals surface area (Å²) >= 11 is 0. The van der Waals surface area contributed by atoms with Crippen molar-refractivity contribution < 1.29 is 0 Å². The Morgan fingerprint density at radius 3 is 2.57 bits per heavy atom. The molecule has 2 aliphatic rings. The lowest BCUT2D eigenvalue weighted by Crippen LogP contribution is -2.37. The van der Waals surface area contributed by atoms with E-state index in [1.54, 1.807) is 0 Å². The van der Waals surface area contributed by atoms with Crippen molar-refractivity contribution in [1.29, 1.82) is 0 Å². The first-order valence-electron chi connectivity index (χ1n) is 8.74. The number of rotatable bonds is 6. The van der Waals surface area contributed by atoms with Crippen LogP contribution in [0.15, 0.2) is 12.1 Å². The maximum absolute atomic E-state index is 4.82. The minimum Gasteiger partial charge on any atom is -0.354 e. The zero-order chi connectivity index (χ0) is 14.7. The minimum absolute atomic E-state index is 0.697. The summed E-state index contributed by atoms with van der Waals surface area (Å²) < 4.78 is 0. The van der Waals surface area contributed by atoms with Gasteiger partial charge in [0.05, 0.1) is 0 Å². The Balaban J connectivity index is 1.74. The normalized spacial score (nSPS) is 19.7. The van der Waals surface area contributed by atoms with Crippen LogP contribution in [0, 0.1) is 6.92 Å². The summed E-state index contributed by atoms with van der Waals surface area (Å²) in [6.45, 7) is 6.44. The molecule has 3 heteroatoms. The number of nitrogens with one attached hydrogen (secondary N) is 1. The Labute approximate surface area is 129 Å². The summed E-state index contributed by atoms with van der Waals surface area (Å²) in [4.78, 5) is 7.36. The molecular weight excluding hydrogens is 258 g/mol. The highest BCUT2D eigenvalue weighted by molar-refractivity contribution is 5.44. The molecule has 1 aromatic heterocycles. The Kier molecular flexibility index (Phi) is 4.79. The fraction of sp³-hybridized carbons (Fsp3) is 0.722. The van der Waals surface area contributed by atoms with Crippen LogP contribution in [0.5, 0.6) is 0 Å². The molecule has 3 rings (SSSR count). The van der Waals surface area contributed by atoms with Gasteiger partial charge in [-0.3, -0.25) is 0 Å². The van der Waals surface area contributed by atoms with Gasteiger partial charge in [0.25, 0.3) is 0 Å². The zero-order valence-electron chi connectivity index (χ0n) is 13.6. The van der Waals surface area contributed by atoms with Gasteiger partial charge >= 0.3 is 0 Å². The van der Waals surface area contributed by atoms with Crippen molar-refractivity contribution in [2.24, 2.45) is 0 Å². The second-order valence-electron chi connectivity index (χ2n) is 6.71. The predicted molar refractivity (Wildman–Crippen MR) is 88.7 cm³/mol. The Hall–Kier alpha value is -1.09. The van der Waals surface area contributed by atoms with Crippen molar-refractivity contribution in [3.63, 3.8) is 0 Å². The molecule has 0 atom stereocenters. The number of hydrogen-bond acceptors (Lipinski definition) is 3. The first kappa shape index (κ1) is 14.8. The fourth-order valence-electron chi connectivity index (χ4n) is 3.52. The first-order chi connectivity index (χ1) is 10.3. The van der Waals surface area contributed by atoms with Gasteiger partial charge in [0.2, 0.25) is 0 Å². The van der Waals surface area contributed by atoms with Crippen molar-refractivity contribution in [3.05, 3.63) is 23.4 Å². The van der Waals surface area contributed by atoms with E-state index in [-0.39, 0.29) is 0 Å². The molecule has 3 nitrogen and oxygen atoms in total. The van der Waals surface area contributed by atoms with E-state index in [0.29, 0.717) is 6.04 Å². The smallest absolute Gasteiger partial charge is 0.129 e. The molecule has 1 heterocycles. The van der Waals surface area contributed by atoms with Crippen molar-refractivity contribution in [2.75, 3.05) is 11.4 Å². The molecule has 116 valence electrons. The van der Waals surface area contributed by atoms with Crippen LogP contribution in [-0.2, 0) is 6.54 Å². The lowest BCUT2D eigenvalue weighted by Gasteiger charge is -2.35. The van der Waals surface area contributed by atoms with E-state index in [2.05, 4.69) is 36.2 Å². The van der Waals surface area contributed by atoms with Gasteiger partial charge in [0.15, 0.2) is 0 Å². The van der Waals surface area contributed by atoms with Crippen molar-refractivity contribution in [3.8, 4) is 0 Å². The fourth-order valence-corrected chi connectivity index (χ4v) is 3.52. The molecule has 2 aliphatic carbocycles. The minimum atomic E-state index is 0.697. The molecule has 0 aromatic carbocycles. The molecule has 0 amide bonds. The van der Waals surface area contributed by atoms with Crippen LogP contribution in [-0.4, -0.2) is 23.6 Å². The first-order valence-corrected chi connectivity index (χ1v) is 8.74. The maximum Gasteiger partial charge on any atom is 0.129 e. The third kappa shape index (κ3) is 3.97. The molecule has 0 bridgehead atoms. The molecule has 0 radical (unpaired) electrons. The number of nitrogens with zero attached hydrogens (tertiary/aromatic N) is 2. The van der Waals surface area contributed by atoms with E-state index in [0.717, 1.165) is 24.8 Å². The Morgan fingerprint density at radius 2 is 1.90 bits per heavy atom. The maximum atomic E-state index is 4.82. The number of anilines is 1. The van der Waals surface area contributed by atoms with E-state index in [4.69, 9.17) is 4.98 Å². The van der Waals surface area contributed by atoms with Gasteiger partial charge in [0.1, 0.15) is 5.82 Å². The lowest BCUT2D eigenvalue weighted by molar-refractivity contribution is 0.416. The van der Waals surface area contributed by atoms with E-state index in [1.807, 2.05) is 0 Å². The van der Waals surface area contributed by atoms with Crippen LogP contribution < -0.4 is 10.2 Å². The Bertz CT molecular complexity index is 462. The second kappa shape index (κ2) is 6.78. The average Bonchev–Trinajstić information content (AvgIpc) is 3.31. The highest BCUT2D eigenvalue weighted by Crippen LogP contribution is 2.27. The van der Waals surface area contributed by atoms with Gasteiger partial charge in [-0.2, -0.15) is 0 Å². The van der Waals surface area contributed by atoms with Gasteiger partial charge in [-0.1, -0.05) is 19.3 Å². The van der Waals surface area contributed by atoms with Crippen LogP contribution in [0.25, 0.3) is 0 Å². The van der Waals surface area contributed by atoms with Crippen LogP contribution in [0.1, 0.15) is 63.1 Å². The number of aryl methyl sites for hydroxylation is 1. The SMILES string of the molecule is CCN(c1cc(CNC2CC2)cc(C)n1)C1CCCCC1. The Morgan fingerprint density at radius 1 is 1.14 bits per heavy atom. The molecule has 2 fully saturated rings. The topological polar surface area (TPSA) is 28.2 Å². The largest absolute Gasteiger partial charge is 0.354 e. The van der Waals surface area contributed by atoms with Gasteiger partial charge < -0.3 is 10.2 Å². The highest BCUT2D eigenvalue weighted by atomic mass is 15.2. The van der Waals surface area contributed by atoms with Crippen LogP contribution >= 0.6 is 0 Å². The standard InChI is InChI=1S/C18H29N3/c1-3-21(17-7-5-4-6-8-17)18-12-15(11-14(2)20-18)13-19-16-9-10-16/h11-12,16-17,19H,3-10,13H2,1-2H3. The molecular formula is C18H29N3. The number of pyridine rings is 1. The molecule has 2 saturated carbocycles. The van der Waals surface area contributed by atoms with Gasteiger partial charge in [-0.15, -0.1) is 0 Å².